The third kappa shape index (κ3) is 4.14. The van der Waals surface area contributed by atoms with E-state index < -0.39 is 29.6 Å². The first kappa shape index (κ1) is 19.8. The summed E-state index contributed by atoms with van der Waals surface area (Å²) in [5.41, 5.74) is 0.792. The molecular formula is C20H15F2N5O2. The predicted octanol–water partition coefficient (Wildman–Crippen LogP) is 2.93. The van der Waals surface area contributed by atoms with E-state index >= 15 is 0 Å². The van der Waals surface area contributed by atoms with Crippen LogP contribution in [-0.4, -0.2) is 23.4 Å². The number of carbonyl (C=O) groups excluding carboxylic acids is 2. The molecule has 3 rings (SSSR count). The summed E-state index contributed by atoms with van der Waals surface area (Å²) in [7, 11) is 0. The molecule has 3 amide bonds. The molecule has 0 unspecified atom stereocenters. The van der Waals surface area contributed by atoms with Crippen molar-refractivity contribution in [2.45, 2.75) is 19.5 Å². The first-order chi connectivity index (χ1) is 13.8. The lowest BCUT2D eigenvalue weighted by Gasteiger charge is -2.29. The quantitative estimate of drug-likeness (QED) is 0.829. The molecule has 9 heteroatoms. The molecule has 1 aliphatic rings. The summed E-state index contributed by atoms with van der Waals surface area (Å²) in [5.74, 6) is -1.84. The number of rotatable bonds is 4. The maximum absolute atomic E-state index is 14.2. The highest BCUT2D eigenvalue weighted by atomic mass is 19.1. The number of hydrogen-bond donors (Lipinski definition) is 2. The number of benzene rings is 2. The van der Waals surface area contributed by atoms with Crippen molar-refractivity contribution in [2.75, 3.05) is 11.9 Å². The van der Waals surface area contributed by atoms with Crippen molar-refractivity contribution >= 4 is 17.6 Å². The minimum atomic E-state index is -0.703. The Labute approximate surface area is 165 Å². The Hall–Kier alpha value is -3.98. The minimum absolute atomic E-state index is 0.0750. The van der Waals surface area contributed by atoms with Gasteiger partial charge in [0.05, 0.1) is 41.5 Å². The Bertz CT molecular complexity index is 1090. The average Bonchev–Trinajstić information content (AvgIpc) is 2.68. The van der Waals surface area contributed by atoms with Gasteiger partial charge in [0.2, 0.25) is 5.91 Å². The van der Waals surface area contributed by atoms with Gasteiger partial charge in [-0.1, -0.05) is 6.07 Å². The molecule has 2 aromatic rings. The first-order valence-electron chi connectivity index (χ1n) is 8.59. The molecule has 1 aliphatic heterocycles. The van der Waals surface area contributed by atoms with E-state index in [1.54, 1.807) is 6.92 Å². The standard InChI is InChI=1S/C20H15F2N5O2/c1-11(14-3-2-12(7-23)4-16(14)21)25-19(28)10-27-9-15-17(22)5-13(8-24)6-18(15)26-20(27)29/h2-6,11H,9-10H2,1H3,(H,25,28)(H,26,29)/t11-/m1/s1. The molecule has 0 aromatic heterocycles. The van der Waals surface area contributed by atoms with Crippen LogP contribution in [0, 0.1) is 34.3 Å². The molecule has 0 bridgehead atoms. The molecule has 0 fully saturated rings. The van der Waals surface area contributed by atoms with Gasteiger partial charge in [0, 0.05) is 11.1 Å². The van der Waals surface area contributed by atoms with Gasteiger partial charge in [0.1, 0.15) is 18.2 Å². The average molecular weight is 395 g/mol. The van der Waals surface area contributed by atoms with Gasteiger partial charge in [-0.15, -0.1) is 0 Å². The van der Waals surface area contributed by atoms with Crippen molar-refractivity contribution in [3.8, 4) is 12.1 Å². The molecule has 1 heterocycles. The number of nitriles is 2. The molecule has 1 atom stereocenters. The van der Waals surface area contributed by atoms with Gasteiger partial charge >= 0.3 is 6.03 Å². The lowest BCUT2D eigenvalue weighted by Crippen LogP contribution is -2.45. The second-order valence-corrected chi connectivity index (χ2v) is 6.52. The molecular weight excluding hydrogens is 380 g/mol. The third-order valence-corrected chi connectivity index (χ3v) is 4.51. The van der Waals surface area contributed by atoms with Crippen LogP contribution in [0.5, 0.6) is 0 Å². The summed E-state index contributed by atoms with van der Waals surface area (Å²) >= 11 is 0. The summed E-state index contributed by atoms with van der Waals surface area (Å²) in [4.78, 5) is 25.7. The van der Waals surface area contributed by atoms with Gasteiger partial charge in [0.15, 0.2) is 0 Å². The molecule has 146 valence electrons. The van der Waals surface area contributed by atoms with Crippen LogP contribution in [0.3, 0.4) is 0 Å². The number of urea groups is 1. The predicted molar refractivity (Wildman–Crippen MR) is 98.2 cm³/mol. The zero-order chi connectivity index (χ0) is 21.1. The number of amides is 3. The third-order valence-electron chi connectivity index (χ3n) is 4.51. The molecule has 29 heavy (non-hydrogen) atoms. The number of nitrogens with one attached hydrogen (secondary N) is 2. The topological polar surface area (TPSA) is 109 Å². The van der Waals surface area contributed by atoms with Gasteiger partial charge in [-0.05, 0) is 31.2 Å². The summed E-state index contributed by atoms with van der Waals surface area (Å²) in [5, 5.41) is 22.7. The Morgan fingerprint density at radius 3 is 2.55 bits per heavy atom. The summed E-state index contributed by atoms with van der Waals surface area (Å²) < 4.78 is 28.3. The summed E-state index contributed by atoms with van der Waals surface area (Å²) in [6.45, 7) is 1.05. The first-order valence-corrected chi connectivity index (χ1v) is 8.59. The van der Waals surface area contributed by atoms with E-state index in [2.05, 4.69) is 10.6 Å². The van der Waals surface area contributed by atoms with Crippen molar-refractivity contribution in [3.05, 3.63) is 64.2 Å². The van der Waals surface area contributed by atoms with Crippen molar-refractivity contribution in [3.63, 3.8) is 0 Å². The van der Waals surface area contributed by atoms with E-state index in [4.69, 9.17) is 10.5 Å². The highest BCUT2D eigenvalue weighted by molar-refractivity contribution is 5.95. The lowest BCUT2D eigenvalue weighted by atomic mass is 10.1. The molecule has 0 radical (unpaired) electrons. The number of hydrogen-bond acceptors (Lipinski definition) is 4. The van der Waals surface area contributed by atoms with Crippen LogP contribution < -0.4 is 10.6 Å². The Morgan fingerprint density at radius 2 is 1.90 bits per heavy atom. The fourth-order valence-corrected chi connectivity index (χ4v) is 3.04. The molecule has 7 nitrogen and oxygen atoms in total. The SMILES string of the molecule is C[C@@H](NC(=O)CN1Cc2c(F)cc(C#N)cc2NC1=O)c1ccc(C#N)cc1F. The smallest absolute Gasteiger partial charge is 0.322 e. The van der Waals surface area contributed by atoms with Crippen LogP contribution in [0.4, 0.5) is 19.3 Å². The summed E-state index contributed by atoms with van der Waals surface area (Å²) in [6, 6.07) is 8.66. The van der Waals surface area contributed by atoms with Crippen LogP contribution >= 0.6 is 0 Å². The largest absolute Gasteiger partial charge is 0.348 e. The second kappa shape index (κ2) is 7.95. The normalized spacial score (nSPS) is 13.6. The molecule has 2 aromatic carbocycles. The number of halogens is 2. The second-order valence-electron chi connectivity index (χ2n) is 6.52. The van der Waals surface area contributed by atoms with E-state index in [-0.39, 0.29) is 41.0 Å². The number of nitrogens with zero attached hydrogens (tertiary/aromatic N) is 3. The fraction of sp³-hybridized carbons (Fsp3) is 0.200. The van der Waals surface area contributed by atoms with Crippen molar-refractivity contribution < 1.29 is 18.4 Å². The van der Waals surface area contributed by atoms with E-state index in [0.717, 1.165) is 17.0 Å². The zero-order valence-electron chi connectivity index (χ0n) is 15.3. The number of fused-ring (bicyclic) bond motifs is 1. The minimum Gasteiger partial charge on any atom is -0.348 e. The summed E-state index contributed by atoms with van der Waals surface area (Å²) in [6.07, 6.45) is 0. The van der Waals surface area contributed by atoms with Crippen LogP contribution in [0.2, 0.25) is 0 Å². The van der Waals surface area contributed by atoms with Gasteiger partial charge in [0.25, 0.3) is 0 Å². The van der Waals surface area contributed by atoms with Gasteiger partial charge in [-0.2, -0.15) is 10.5 Å². The van der Waals surface area contributed by atoms with Crippen LogP contribution in [0.15, 0.2) is 30.3 Å². The maximum atomic E-state index is 14.2. The maximum Gasteiger partial charge on any atom is 0.322 e. The highest BCUT2D eigenvalue weighted by Crippen LogP contribution is 2.27. The molecule has 0 aliphatic carbocycles. The molecule has 2 N–H and O–H groups in total. The monoisotopic (exact) mass is 395 g/mol. The molecule has 0 saturated heterocycles. The lowest BCUT2D eigenvalue weighted by molar-refractivity contribution is -0.122. The Morgan fingerprint density at radius 1 is 1.21 bits per heavy atom. The zero-order valence-corrected chi connectivity index (χ0v) is 15.3. The van der Waals surface area contributed by atoms with E-state index in [9.17, 15) is 18.4 Å². The molecule has 0 spiro atoms. The molecule has 0 saturated carbocycles. The van der Waals surface area contributed by atoms with Gasteiger partial charge < -0.3 is 15.5 Å². The fourth-order valence-electron chi connectivity index (χ4n) is 3.04. The van der Waals surface area contributed by atoms with Gasteiger partial charge in [-0.25, -0.2) is 13.6 Å². The van der Waals surface area contributed by atoms with E-state index in [0.29, 0.717) is 0 Å². The van der Waals surface area contributed by atoms with Crippen molar-refractivity contribution in [1.29, 1.82) is 10.5 Å². The van der Waals surface area contributed by atoms with Crippen molar-refractivity contribution in [1.82, 2.24) is 10.2 Å². The Kier molecular flexibility index (Phi) is 5.42. The highest BCUT2D eigenvalue weighted by Gasteiger charge is 2.27. The van der Waals surface area contributed by atoms with E-state index in [1.807, 2.05) is 12.1 Å². The van der Waals surface area contributed by atoms with Gasteiger partial charge in [-0.3, -0.25) is 4.79 Å². The van der Waals surface area contributed by atoms with E-state index in [1.165, 1.54) is 18.2 Å². The van der Waals surface area contributed by atoms with Crippen LogP contribution in [-0.2, 0) is 11.3 Å². The van der Waals surface area contributed by atoms with Crippen LogP contribution in [0.25, 0.3) is 0 Å². The Balaban J connectivity index is 1.69. The van der Waals surface area contributed by atoms with Crippen molar-refractivity contribution in [2.24, 2.45) is 0 Å². The number of anilines is 1. The van der Waals surface area contributed by atoms with Crippen LogP contribution in [0.1, 0.15) is 35.2 Å². The number of carbonyl (C=O) groups is 2.